The predicted molar refractivity (Wildman–Crippen MR) is 87.8 cm³/mol. The van der Waals surface area contributed by atoms with Crippen molar-refractivity contribution in [3.63, 3.8) is 0 Å². The minimum atomic E-state index is 0.276. The molecule has 2 heteroatoms. The molecule has 0 rings (SSSR count). The van der Waals surface area contributed by atoms with Crippen LogP contribution in [0.4, 0.5) is 0 Å². The number of hydrogen-bond donors (Lipinski definition) is 0. The summed E-state index contributed by atoms with van der Waals surface area (Å²) in [5, 5.41) is 0. The van der Waals surface area contributed by atoms with Gasteiger partial charge < -0.3 is 9.80 Å². The molecule has 0 aliphatic rings. The Bertz CT molecular complexity index is 229. The summed E-state index contributed by atoms with van der Waals surface area (Å²) in [4.78, 5) is 4.92. The standard InChI is InChI=1S/C17H38N2/c1-15(2,3)18(9)13-11-17(7,8)12-14-19(10)16(4,5)6/h11-14H2,1-10H3. The Morgan fingerprint density at radius 1 is 0.579 bits per heavy atom. The summed E-state index contributed by atoms with van der Waals surface area (Å²) in [5.74, 6) is 0. The fourth-order valence-electron chi connectivity index (χ4n) is 1.74. The second-order valence-corrected chi connectivity index (χ2v) is 8.85. The zero-order chi connectivity index (χ0) is 15.5. The van der Waals surface area contributed by atoms with Crippen molar-refractivity contribution in [1.82, 2.24) is 9.80 Å². The molecule has 0 saturated heterocycles. The highest BCUT2D eigenvalue weighted by Gasteiger charge is 2.24. The van der Waals surface area contributed by atoms with E-state index >= 15 is 0 Å². The van der Waals surface area contributed by atoms with Gasteiger partial charge in [0.15, 0.2) is 0 Å². The Balaban J connectivity index is 4.20. The molecule has 0 aromatic rings. The van der Waals surface area contributed by atoms with Crippen LogP contribution in [-0.4, -0.2) is 48.1 Å². The van der Waals surface area contributed by atoms with Gasteiger partial charge in [-0.15, -0.1) is 0 Å². The van der Waals surface area contributed by atoms with Gasteiger partial charge in [0.25, 0.3) is 0 Å². The molecule has 0 fully saturated rings. The molecule has 0 spiro atoms. The van der Waals surface area contributed by atoms with Crippen molar-refractivity contribution in [2.75, 3.05) is 27.2 Å². The molecule has 0 N–H and O–H groups in total. The van der Waals surface area contributed by atoms with E-state index in [2.05, 4.69) is 79.3 Å². The lowest BCUT2D eigenvalue weighted by molar-refractivity contribution is 0.120. The van der Waals surface area contributed by atoms with Crippen molar-refractivity contribution in [3.05, 3.63) is 0 Å². The van der Waals surface area contributed by atoms with E-state index in [0.717, 1.165) is 0 Å². The molecule has 0 atom stereocenters. The maximum absolute atomic E-state index is 2.46. The summed E-state index contributed by atoms with van der Waals surface area (Å²) < 4.78 is 0. The van der Waals surface area contributed by atoms with Crippen LogP contribution in [0.2, 0.25) is 0 Å². The van der Waals surface area contributed by atoms with E-state index in [1.807, 2.05) is 0 Å². The van der Waals surface area contributed by atoms with Crippen molar-refractivity contribution < 1.29 is 0 Å². The van der Waals surface area contributed by atoms with Crippen molar-refractivity contribution in [2.45, 2.75) is 79.3 Å². The van der Waals surface area contributed by atoms with Gasteiger partial charge in [0.1, 0.15) is 0 Å². The fourth-order valence-corrected chi connectivity index (χ4v) is 1.74. The van der Waals surface area contributed by atoms with Crippen LogP contribution in [0.1, 0.15) is 68.2 Å². The molecule has 0 aliphatic carbocycles. The molecular weight excluding hydrogens is 232 g/mol. The molecule has 0 aromatic carbocycles. The molecule has 0 unspecified atom stereocenters. The maximum Gasteiger partial charge on any atom is 0.0122 e. The second kappa shape index (κ2) is 6.58. The summed E-state index contributed by atoms with van der Waals surface area (Å²) in [5.41, 5.74) is 0.968. The first-order chi connectivity index (χ1) is 8.26. The lowest BCUT2D eigenvalue weighted by atomic mass is 9.84. The van der Waals surface area contributed by atoms with Crippen molar-refractivity contribution in [2.24, 2.45) is 5.41 Å². The highest BCUT2D eigenvalue weighted by molar-refractivity contribution is 4.79. The average Bonchev–Trinajstić information content (AvgIpc) is 2.20. The third-order valence-electron chi connectivity index (χ3n) is 4.54. The lowest BCUT2D eigenvalue weighted by Gasteiger charge is -2.37. The normalized spacial score (nSPS) is 14.5. The van der Waals surface area contributed by atoms with Gasteiger partial charge in [0.2, 0.25) is 0 Å². The molecule has 0 radical (unpaired) electrons. The highest BCUT2D eigenvalue weighted by atomic mass is 15.2. The second-order valence-electron chi connectivity index (χ2n) is 8.85. The quantitative estimate of drug-likeness (QED) is 0.712. The van der Waals surface area contributed by atoms with E-state index in [1.54, 1.807) is 0 Å². The zero-order valence-electron chi connectivity index (χ0n) is 15.2. The van der Waals surface area contributed by atoms with E-state index < -0.39 is 0 Å². The number of nitrogens with zero attached hydrogens (tertiary/aromatic N) is 2. The van der Waals surface area contributed by atoms with Gasteiger partial charge in [-0.25, -0.2) is 0 Å². The molecule has 0 saturated carbocycles. The van der Waals surface area contributed by atoms with E-state index in [9.17, 15) is 0 Å². The molecule has 0 aromatic heterocycles. The Labute approximate surface area is 122 Å². The van der Waals surface area contributed by atoms with Crippen LogP contribution in [-0.2, 0) is 0 Å². The summed E-state index contributed by atoms with van der Waals surface area (Å²) in [6.07, 6.45) is 2.53. The minimum absolute atomic E-state index is 0.276. The van der Waals surface area contributed by atoms with Gasteiger partial charge in [-0.2, -0.15) is 0 Å². The van der Waals surface area contributed by atoms with Crippen molar-refractivity contribution in [3.8, 4) is 0 Å². The molecule has 0 heterocycles. The summed E-state index contributed by atoms with van der Waals surface area (Å²) >= 11 is 0. The number of rotatable bonds is 6. The highest BCUT2D eigenvalue weighted by Crippen LogP contribution is 2.27. The van der Waals surface area contributed by atoms with Crippen LogP contribution >= 0.6 is 0 Å². The van der Waals surface area contributed by atoms with Crippen LogP contribution in [0.25, 0.3) is 0 Å². The largest absolute Gasteiger partial charge is 0.301 e. The summed E-state index contributed by atoms with van der Waals surface area (Å²) in [6, 6.07) is 0. The molecule has 0 bridgehead atoms. The molecular formula is C17H38N2. The van der Waals surface area contributed by atoms with Crippen molar-refractivity contribution in [1.29, 1.82) is 0 Å². The fraction of sp³-hybridized carbons (Fsp3) is 1.00. The summed E-state index contributed by atoms with van der Waals surface area (Å²) in [7, 11) is 4.47. The van der Waals surface area contributed by atoms with Crippen molar-refractivity contribution >= 4 is 0 Å². The van der Waals surface area contributed by atoms with Gasteiger partial charge in [0, 0.05) is 11.1 Å². The summed E-state index contributed by atoms with van der Waals surface area (Å²) in [6.45, 7) is 20.9. The Morgan fingerprint density at radius 2 is 0.842 bits per heavy atom. The molecule has 0 aliphatic heterocycles. The average molecular weight is 271 g/mol. The molecule has 0 amide bonds. The monoisotopic (exact) mass is 270 g/mol. The van der Waals surface area contributed by atoms with E-state index in [-0.39, 0.29) is 11.1 Å². The van der Waals surface area contributed by atoms with Gasteiger partial charge in [-0.1, -0.05) is 13.8 Å². The first kappa shape index (κ1) is 18.9. The Hall–Kier alpha value is -0.0800. The van der Waals surface area contributed by atoms with Gasteiger partial charge in [-0.3, -0.25) is 0 Å². The van der Waals surface area contributed by atoms with Crippen LogP contribution in [0.3, 0.4) is 0 Å². The maximum atomic E-state index is 2.46. The molecule has 2 nitrogen and oxygen atoms in total. The van der Waals surface area contributed by atoms with Gasteiger partial charge in [0.05, 0.1) is 0 Å². The van der Waals surface area contributed by atoms with Crippen LogP contribution in [0.5, 0.6) is 0 Å². The molecule has 19 heavy (non-hydrogen) atoms. The Morgan fingerprint density at radius 3 is 1.05 bits per heavy atom. The SMILES string of the molecule is CN(CCC(C)(C)CCN(C)C(C)(C)C)C(C)(C)C. The van der Waals surface area contributed by atoms with Gasteiger partial charge >= 0.3 is 0 Å². The predicted octanol–water partition coefficient (Wildman–Crippen LogP) is 4.25. The van der Waals surface area contributed by atoms with Crippen LogP contribution in [0, 0.1) is 5.41 Å². The first-order valence-corrected chi connectivity index (χ1v) is 7.68. The van der Waals surface area contributed by atoms with E-state index in [0.29, 0.717) is 5.41 Å². The zero-order valence-corrected chi connectivity index (χ0v) is 15.2. The topological polar surface area (TPSA) is 6.48 Å². The van der Waals surface area contributed by atoms with E-state index in [1.165, 1.54) is 25.9 Å². The third-order valence-corrected chi connectivity index (χ3v) is 4.54. The number of hydrogen-bond acceptors (Lipinski definition) is 2. The lowest BCUT2D eigenvalue weighted by Crippen LogP contribution is -2.41. The van der Waals surface area contributed by atoms with E-state index in [4.69, 9.17) is 0 Å². The Kier molecular flexibility index (Phi) is 6.55. The first-order valence-electron chi connectivity index (χ1n) is 7.68. The smallest absolute Gasteiger partial charge is 0.0122 e. The minimum Gasteiger partial charge on any atom is -0.301 e. The van der Waals surface area contributed by atoms with Crippen LogP contribution < -0.4 is 0 Å². The van der Waals surface area contributed by atoms with Crippen LogP contribution in [0.15, 0.2) is 0 Å². The van der Waals surface area contributed by atoms with Gasteiger partial charge in [-0.05, 0) is 87.0 Å². The molecule has 116 valence electrons. The third kappa shape index (κ3) is 7.94.